The Kier molecular flexibility index (Phi) is 28.1. The fourth-order valence-corrected chi connectivity index (χ4v) is 19.8. The van der Waals surface area contributed by atoms with E-state index >= 15 is 9.59 Å². The second-order valence-corrected chi connectivity index (χ2v) is 41.2. The summed E-state index contributed by atoms with van der Waals surface area (Å²) in [5, 5.41) is 0. The second kappa shape index (κ2) is 36.5. The lowest BCUT2D eigenvalue weighted by molar-refractivity contribution is -0.161. The van der Waals surface area contributed by atoms with E-state index in [1.54, 1.807) is 69.2 Å². The maximum absolute atomic E-state index is 15.1. The van der Waals surface area contributed by atoms with Crippen molar-refractivity contribution in [3.63, 3.8) is 0 Å². The largest absolute Gasteiger partial charge is 0.494 e. The van der Waals surface area contributed by atoms with Gasteiger partial charge in [-0.1, -0.05) is 38.2 Å². The van der Waals surface area contributed by atoms with Crippen LogP contribution in [0.2, 0.25) is 0 Å². The number of allylic oxidation sites excluding steroid dienone is 4. The van der Waals surface area contributed by atoms with Crippen LogP contribution in [0.5, 0.6) is 23.3 Å². The van der Waals surface area contributed by atoms with E-state index in [1.165, 1.54) is 60.4 Å². The first-order valence-electron chi connectivity index (χ1n) is 41.9. The van der Waals surface area contributed by atoms with E-state index < -0.39 is 207 Å². The highest BCUT2D eigenvalue weighted by atomic mass is 32.2. The van der Waals surface area contributed by atoms with E-state index in [0.717, 1.165) is 0 Å². The van der Waals surface area contributed by atoms with Gasteiger partial charge in [0.1, 0.15) is 34.9 Å². The van der Waals surface area contributed by atoms with Gasteiger partial charge in [-0.2, -0.15) is 26.3 Å². The molecule has 6 fully saturated rings. The number of Topliss-reactive ketones (excluding diaryl/α,β-unsaturated/α-hetero) is 2. The van der Waals surface area contributed by atoms with Crippen molar-refractivity contribution in [1.82, 2.24) is 39.2 Å². The van der Waals surface area contributed by atoms with Crippen molar-refractivity contribution in [1.29, 1.82) is 0 Å². The number of nitrogens with one attached hydrogen (secondary N) is 2. The number of nitrogens with zero attached hydrogens (tertiary/aromatic N) is 6. The number of fused-ring (bicyclic) bond motifs is 6. The SMILES string of the molecule is CCOc1ccc2nc(C(F)(F)F)c(O[C@@H]3C[C@H]4C(=O)C[C@]5(C(=O)NS(=O)(=O)C6(C)CC6)C[C@H]5/C=C\CC[C@@H](C)C[C@@H](COC)[C@H](CC(=O)OC(C)(C)C)C(=O)N4C3)nc2c1.CCOc1ccc2nc(C(F)(F)F)c(O[C@@H]3C[C@H]4C(=O)C[C@]5(C(=O)NS(=O)(=O)C6(C)CC6)C[C@H]5/C=C\CC[C@H](C)C[C@@H](COC)[C@H](CC(=O)OC(C)(C)C)C(=O)N4C3)nc2c1. The first-order valence-corrected chi connectivity index (χ1v) is 44.9. The maximum Gasteiger partial charge on any atom is 0.438 e. The summed E-state index contributed by atoms with van der Waals surface area (Å²) in [5.74, 6) is -10.6. The average Bonchev–Trinajstić information content (AvgIpc) is 1.56. The van der Waals surface area contributed by atoms with Crippen molar-refractivity contribution in [2.45, 2.75) is 256 Å². The Balaban J connectivity index is 0.000000238. The monoisotopic (exact) mass is 1760 g/mol. The molecule has 0 radical (unpaired) electrons. The maximum atomic E-state index is 15.1. The highest BCUT2D eigenvalue weighted by Gasteiger charge is 2.65. The van der Waals surface area contributed by atoms with Crippen LogP contribution in [-0.2, 0) is 89.7 Å². The zero-order valence-corrected chi connectivity index (χ0v) is 73.2. The lowest BCUT2D eigenvalue weighted by atomic mass is 9.81. The molecule has 8 aliphatic rings. The Bertz CT molecular complexity index is 4610. The number of esters is 2. The minimum absolute atomic E-state index is 0.0168. The topological polar surface area (TPSA) is 361 Å². The second-order valence-electron chi connectivity index (χ2n) is 36.8. The molecule has 672 valence electrons. The predicted molar refractivity (Wildman–Crippen MR) is 433 cm³/mol. The number of hydrogen-bond acceptors (Lipinski definition) is 24. The van der Waals surface area contributed by atoms with E-state index in [1.807, 2.05) is 38.2 Å². The van der Waals surface area contributed by atoms with Crippen molar-refractivity contribution in [2.24, 2.45) is 58.2 Å². The number of methoxy groups -OCH3 is 2. The molecule has 28 nitrogen and oxygen atoms in total. The smallest absolute Gasteiger partial charge is 0.438 e. The molecule has 2 N–H and O–H groups in total. The third-order valence-corrected chi connectivity index (χ3v) is 28.8. The Hall–Kier alpha value is -8.64. The van der Waals surface area contributed by atoms with Crippen LogP contribution in [0.25, 0.3) is 22.1 Å². The Morgan fingerprint density at radius 3 is 1.21 bits per heavy atom. The quantitative estimate of drug-likeness (QED) is 0.0419. The van der Waals surface area contributed by atoms with Crippen molar-refractivity contribution >= 4 is 89.2 Å². The zero-order chi connectivity index (χ0) is 89.4. The lowest BCUT2D eigenvalue weighted by Gasteiger charge is -2.33. The minimum Gasteiger partial charge on any atom is -0.494 e. The van der Waals surface area contributed by atoms with Gasteiger partial charge in [0.15, 0.2) is 11.6 Å². The number of carbonyl (C=O) groups excluding carboxylic acids is 8. The molecular formula is C86H114F6N8O20S2. The fourth-order valence-electron chi connectivity index (χ4n) is 17.1. The number of carbonyl (C=O) groups is 8. The first kappa shape index (κ1) is 94.0. The molecule has 4 amide bonds. The molecule has 0 unspecified atom stereocenters. The normalized spacial score (nSPS) is 28.8. The molecule has 14 atom stereocenters. The van der Waals surface area contributed by atoms with Crippen molar-refractivity contribution < 1.29 is 119 Å². The van der Waals surface area contributed by atoms with Crippen LogP contribution >= 0.6 is 0 Å². The van der Waals surface area contributed by atoms with Crippen LogP contribution in [0.4, 0.5) is 26.3 Å². The first-order chi connectivity index (χ1) is 57.0. The van der Waals surface area contributed by atoms with E-state index in [9.17, 15) is 71.9 Å². The van der Waals surface area contributed by atoms with Gasteiger partial charge in [0.05, 0.1) is 105 Å². The highest BCUT2D eigenvalue weighted by molar-refractivity contribution is 7.92. The molecule has 36 heteroatoms. The number of amides is 4. The molecule has 122 heavy (non-hydrogen) atoms. The molecule has 4 aliphatic carbocycles. The van der Waals surface area contributed by atoms with Crippen LogP contribution < -0.4 is 28.4 Å². The number of hydrogen-bond donors (Lipinski definition) is 2. The van der Waals surface area contributed by atoms with Crippen LogP contribution in [0.15, 0.2) is 60.7 Å². The number of ether oxygens (including phenoxy) is 8. The third kappa shape index (κ3) is 22.2. The van der Waals surface area contributed by atoms with Gasteiger partial charge in [-0.15, -0.1) is 0 Å². The number of rotatable bonds is 22. The summed E-state index contributed by atoms with van der Waals surface area (Å²) in [6, 6.07) is 5.84. The van der Waals surface area contributed by atoms with Crippen molar-refractivity contribution in [3.8, 4) is 23.3 Å². The van der Waals surface area contributed by atoms with E-state index in [2.05, 4.69) is 29.4 Å². The Labute approximate surface area is 707 Å². The lowest BCUT2D eigenvalue weighted by Crippen LogP contribution is -2.48. The van der Waals surface area contributed by atoms with E-state index in [4.69, 9.17) is 37.9 Å². The van der Waals surface area contributed by atoms with Crippen LogP contribution in [0.1, 0.15) is 210 Å². The molecule has 4 saturated carbocycles. The van der Waals surface area contributed by atoms with Gasteiger partial charge in [-0.25, -0.2) is 36.8 Å². The van der Waals surface area contributed by atoms with Crippen LogP contribution in [0, 0.1) is 58.2 Å². The summed E-state index contributed by atoms with van der Waals surface area (Å²) in [7, 11) is -5.20. The fraction of sp³-hybridized carbons (Fsp3) is 0.674. The number of alkyl halides is 6. The molecule has 0 bridgehead atoms. The Morgan fingerprint density at radius 1 is 0.533 bits per heavy atom. The molecule has 4 aromatic rings. The van der Waals surface area contributed by atoms with Crippen molar-refractivity contribution in [2.75, 3.05) is 53.7 Å². The minimum atomic E-state index is -5.00. The molecule has 2 saturated heterocycles. The van der Waals surface area contributed by atoms with Gasteiger partial charge < -0.3 is 47.7 Å². The molecule has 2 aromatic heterocycles. The number of halogens is 6. The molecular weight excluding hydrogens is 1640 g/mol. The highest BCUT2D eigenvalue weighted by Crippen LogP contribution is 2.60. The van der Waals surface area contributed by atoms with Crippen LogP contribution in [-0.4, -0.2) is 192 Å². The van der Waals surface area contributed by atoms with Gasteiger partial charge in [-0.05, 0) is 206 Å². The summed E-state index contributed by atoms with van der Waals surface area (Å²) >= 11 is 0. The number of aromatic nitrogens is 4. The number of benzene rings is 2. The zero-order valence-electron chi connectivity index (χ0n) is 71.6. The van der Waals surface area contributed by atoms with Gasteiger partial charge in [0.25, 0.3) is 0 Å². The Morgan fingerprint density at radius 2 is 0.893 bits per heavy atom. The third-order valence-electron chi connectivity index (χ3n) is 24.5. The average molecular weight is 1760 g/mol. The van der Waals surface area contributed by atoms with Gasteiger partial charge in [-0.3, -0.25) is 47.8 Å². The van der Waals surface area contributed by atoms with Crippen LogP contribution in [0.3, 0.4) is 0 Å². The molecule has 4 aliphatic heterocycles. The predicted octanol–water partition coefficient (Wildman–Crippen LogP) is 12.7. The summed E-state index contributed by atoms with van der Waals surface area (Å²) in [5.41, 5.74) is -7.51. The van der Waals surface area contributed by atoms with Gasteiger partial charge in [0, 0.05) is 65.2 Å². The summed E-state index contributed by atoms with van der Waals surface area (Å²) in [6.45, 7) is 20.7. The summed E-state index contributed by atoms with van der Waals surface area (Å²) in [4.78, 5) is 133. The number of sulfonamides is 2. The standard InChI is InChI=1S/2C43H57F3N4O10S/c2*1-8-58-28-13-14-31-32(18-28)48-37(36(47-31)43(44,45)46)59-29-19-33-34(51)22-42(39(54)49-61(55,56)41(6)15-16-41)21-27(42)12-10-9-11-25(2)17-26(24-57-7)30(38(53)50(33)23-29)20-35(52)60-40(3,4)5/h2*10,12-14,18,25-27,29-30,33H,8-9,11,15-17,19-24H2,1-7H3,(H,49,54)/b2*12-10-/t25-,26+,27-,29-,30+,33+,42-;25-,26-,27+,29+,30-,33-,42+/m10/s1. The molecule has 0 spiro atoms. The van der Waals surface area contributed by atoms with E-state index in [0.29, 0.717) is 88.9 Å². The molecule has 12 rings (SSSR count). The molecule has 6 heterocycles. The molecule has 2 aromatic carbocycles. The summed E-state index contributed by atoms with van der Waals surface area (Å²) < 4.78 is 188. The van der Waals surface area contributed by atoms with Gasteiger partial charge >= 0.3 is 24.3 Å². The van der Waals surface area contributed by atoms with Gasteiger partial charge in [0.2, 0.25) is 66.8 Å². The summed E-state index contributed by atoms with van der Waals surface area (Å²) in [6.07, 6.45) is -1.91. The van der Waals surface area contributed by atoms with E-state index in [-0.39, 0.29) is 98.7 Å². The van der Waals surface area contributed by atoms with Crippen molar-refractivity contribution in [3.05, 3.63) is 72.1 Å². The number of ketones is 2.